The van der Waals surface area contributed by atoms with Gasteiger partial charge in [0.05, 0.1) is 14.2 Å². The van der Waals surface area contributed by atoms with E-state index in [-0.39, 0.29) is 6.54 Å². The van der Waals surface area contributed by atoms with Gasteiger partial charge in [0.1, 0.15) is 0 Å². The maximum Gasteiger partial charge on any atom is 0.287 e. The number of Topliss-reactive ketones (excluding diaryl/α,β-unsaturated/α-hetero) is 1. The number of benzene rings is 1. The molecule has 1 aromatic rings. The van der Waals surface area contributed by atoms with Crippen LogP contribution in [0, 0.1) is 0 Å². The van der Waals surface area contributed by atoms with Gasteiger partial charge >= 0.3 is 0 Å². The highest BCUT2D eigenvalue weighted by molar-refractivity contribution is 6.35. The van der Waals surface area contributed by atoms with Gasteiger partial charge in [-0.25, -0.2) is 0 Å². The fourth-order valence-corrected chi connectivity index (χ4v) is 1.30. The highest BCUT2D eigenvalue weighted by Gasteiger charge is 2.08. The molecule has 1 amide bonds. The molecule has 1 N–H and O–H groups in total. The summed E-state index contributed by atoms with van der Waals surface area (Å²) in [5.74, 6) is 0.0986. The molecule has 1 rings (SSSR count). The minimum atomic E-state index is -0.597. The lowest BCUT2D eigenvalue weighted by Crippen LogP contribution is -2.28. The summed E-state index contributed by atoms with van der Waals surface area (Å²) < 4.78 is 10.2. The summed E-state index contributed by atoms with van der Waals surface area (Å²) in [6, 6.07) is 5.29. The van der Waals surface area contributed by atoms with Gasteiger partial charge in [-0.2, -0.15) is 0 Å². The van der Waals surface area contributed by atoms with E-state index < -0.39 is 11.7 Å². The number of carbonyl (C=O) groups excluding carboxylic acids is 2. The summed E-state index contributed by atoms with van der Waals surface area (Å²) in [7, 11) is 3.09. The number of hydrogen-bond donors (Lipinski definition) is 1. The number of nitrogens with one attached hydrogen (secondary N) is 1. The van der Waals surface area contributed by atoms with Crippen molar-refractivity contribution < 1.29 is 19.1 Å². The molecule has 17 heavy (non-hydrogen) atoms. The van der Waals surface area contributed by atoms with Crippen molar-refractivity contribution in [2.75, 3.05) is 14.2 Å². The fraction of sp³-hybridized carbons (Fsp3) is 0.333. The van der Waals surface area contributed by atoms with E-state index in [1.807, 2.05) is 0 Å². The van der Waals surface area contributed by atoms with E-state index in [2.05, 4.69) is 5.32 Å². The van der Waals surface area contributed by atoms with Crippen LogP contribution < -0.4 is 14.8 Å². The van der Waals surface area contributed by atoms with Crippen LogP contribution >= 0.6 is 0 Å². The van der Waals surface area contributed by atoms with Crippen LogP contribution in [0.2, 0.25) is 0 Å². The summed E-state index contributed by atoms with van der Waals surface area (Å²) in [5.41, 5.74) is 0.831. The van der Waals surface area contributed by atoms with E-state index in [1.54, 1.807) is 25.3 Å². The van der Waals surface area contributed by atoms with E-state index in [0.29, 0.717) is 11.5 Å². The second-order valence-corrected chi connectivity index (χ2v) is 3.43. The van der Waals surface area contributed by atoms with Crippen molar-refractivity contribution in [3.8, 4) is 11.5 Å². The Bertz CT molecular complexity index is 429. The Balaban J connectivity index is 2.73. The van der Waals surface area contributed by atoms with Gasteiger partial charge in [0.2, 0.25) is 5.78 Å². The lowest BCUT2D eigenvalue weighted by molar-refractivity contribution is -0.136. The number of carbonyl (C=O) groups is 2. The molecule has 0 radical (unpaired) electrons. The smallest absolute Gasteiger partial charge is 0.287 e. The zero-order valence-corrected chi connectivity index (χ0v) is 10.1. The molecule has 0 aliphatic rings. The molecule has 0 fully saturated rings. The molecular formula is C12H15NO4. The fourth-order valence-electron chi connectivity index (χ4n) is 1.30. The molecule has 0 bridgehead atoms. The lowest BCUT2D eigenvalue weighted by Gasteiger charge is -2.09. The van der Waals surface area contributed by atoms with Gasteiger partial charge in [-0.3, -0.25) is 9.59 Å². The third-order valence-corrected chi connectivity index (χ3v) is 2.22. The van der Waals surface area contributed by atoms with Crippen molar-refractivity contribution in [3.63, 3.8) is 0 Å². The van der Waals surface area contributed by atoms with Crippen LogP contribution in [0.15, 0.2) is 18.2 Å². The van der Waals surface area contributed by atoms with Crippen molar-refractivity contribution in [1.82, 2.24) is 5.32 Å². The van der Waals surface area contributed by atoms with Gasteiger partial charge in [0.25, 0.3) is 5.91 Å². The van der Waals surface area contributed by atoms with E-state index in [0.717, 1.165) is 5.56 Å². The number of rotatable bonds is 5. The minimum absolute atomic E-state index is 0.277. The second-order valence-electron chi connectivity index (χ2n) is 3.43. The SMILES string of the molecule is COc1ccc(CNC(=O)C(C)=O)cc1OC. The van der Waals surface area contributed by atoms with Gasteiger partial charge < -0.3 is 14.8 Å². The van der Waals surface area contributed by atoms with Gasteiger partial charge in [-0.15, -0.1) is 0 Å². The topological polar surface area (TPSA) is 64.6 Å². The standard InChI is InChI=1S/C12H15NO4/c1-8(14)12(15)13-7-9-4-5-10(16-2)11(6-9)17-3/h4-6H,7H2,1-3H3,(H,13,15). The molecule has 0 heterocycles. The minimum Gasteiger partial charge on any atom is -0.493 e. The molecular weight excluding hydrogens is 222 g/mol. The molecule has 5 nitrogen and oxygen atoms in total. The highest BCUT2D eigenvalue weighted by Crippen LogP contribution is 2.27. The van der Waals surface area contributed by atoms with Crippen molar-refractivity contribution in [2.24, 2.45) is 0 Å². The summed E-state index contributed by atoms with van der Waals surface area (Å²) in [4.78, 5) is 21.8. The van der Waals surface area contributed by atoms with Crippen molar-refractivity contribution in [1.29, 1.82) is 0 Å². The van der Waals surface area contributed by atoms with Crippen LogP contribution in [0.4, 0.5) is 0 Å². The normalized spacial score (nSPS) is 9.59. The Morgan fingerprint density at radius 3 is 2.35 bits per heavy atom. The Morgan fingerprint density at radius 2 is 1.82 bits per heavy atom. The van der Waals surface area contributed by atoms with Crippen molar-refractivity contribution in [3.05, 3.63) is 23.8 Å². The first kappa shape index (κ1) is 13.0. The predicted octanol–water partition coefficient (Wildman–Crippen LogP) is 0.909. The second kappa shape index (κ2) is 5.89. The third-order valence-electron chi connectivity index (χ3n) is 2.22. The summed E-state index contributed by atoms with van der Waals surface area (Å²) in [6.45, 7) is 1.50. The van der Waals surface area contributed by atoms with Crippen LogP contribution in [0.3, 0.4) is 0 Å². The summed E-state index contributed by atoms with van der Waals surface area (Å²) >= 11 is 0. The van der Waals surface area contributed by atoms with E-state index in [1.165, 1.54) is 14.0 Å². The van der Waals surface area contributed by atoms with Gasteiger partial charge in [0.15, 0.2) is 11.5 Å². The first-order valence-electron chi connectivity index (χ1n) is 5.08. The van der Waals surface area contributed by atoms with E-state index >= 15 is 0 Å². The molecule has 0 aliphatic heterocycles. The molecule has 0 spiro atoms. The molecule has 5 heteroatoms. The number of hydrogen-bond acceptors (Lipinski definition) is 4. The van der Waals surface area contributed by atoms with Crippen LogP contribution in [0.25, 0.3) is 0 Å². The van der Waals surface area contributed by atoms with Crippen molar-refractivity contribution >= 4 is 11.7 Å². The number of methoxy groups -OCH3 is 2. The molecule has 0 aromatic heterocycles. The lowest BCUT2D eigenvalue weighted by atomic mass is 10.2. The molecule has 1 aromatic carbocycles. The van der Waals surface area contributed by atoms with Crippen LogP contribution in [0.5, 0.6) is 11.5 Å². The van der Waals surface area contributed by atoms with Crippen LogP contribution in [-0.4, -0.2) is 25.9 Å². The highest BCUT2D eigenvalue weighted by atomic mass is 16.5. The Morgan fingerprint density at radius 1 is 1.18 bits per heavy atom. The molecule has 0 aliphatic carbocycles. The molecule has 92 valence electrons. The molecule has 0 atom stereocenters. The quantitative estimate of drug-likeness (QED) is 0.773. The summed E-state index contributed by atoms with van der Waals surface area (Å²) in [6.07, 6.45) is 0. The predicted molar refractivity (Wildman–Crippen MR) is 62.1 cm³/mol. The van der Waals surface area contributed by atoms with Gasteiger partial charge in [-0.05, 0) is 17.7 Å². The number of amides is 1. The molecule has 0 saturated carbocycles. The van der Waals surface area contributed by atoms with E-state index in [9.17, 15) is 9.59 Å². The average molecular weight is 237 g/mol. The maximum absolute atomic E-state index is 11.1. The average Bonchev–Trinajstić information content (AvgIpc) is 2.35. The van der Waals surface area contributed by atoms with Crippen LogP contribution in [-0.2, 0) is 16.1 Å². The maximum atomic E-state index is 11.1. The molecule has 0 saturated heterocycles. The summed E-state index contributed by atoms with van der Waals surface area (Å²) in [5, 5.41) is 2.50. The molecule has 0 unspecified atom stereocenters. The Labute approximate surface area is 99.7 Å². The van der Waals surface area contributed by atoms with Gasteiger partial charge in [-0.1, -0.05) is 6.07 Å². The third kappa shape index (κ3) is 3.48. The first-order chi connectivity index (χ1) is 8.08. The van der Waals surface area contributed by atoms with Crippen LogP contribution in [0.1, 0.15) is 12.5 Å². The van der Waals surface area contributed by atoms with Crippen molar-refractivity contribution in [2.45, 2.75) is 13.5 Å². The Hall–Kier alpha value is -2.04. The first-order valence-corrected chi connectivity index (χ1v) is 5.08. The van der Waals surface area contributed by atoms with E-state index in [4.69, 9.17) is 9.47 Å². The largest absolute Gasteiger partial charge is 0.493 e. The van der Waals surface area contributed by atoms with Gasteiger partial charge in [0, 0.05) is 13.5 Å². The zero-order chi connectivity index (χ0) is 12.8. The zero-order valence-electron chi connectivity index (χ0n) is 10.1. The monoisotopic (exact) mass is 237 g/mol. The number of ether oxygens (including phenoxy) is 2. The Kier molecular flexibility index (Phi) is 4.51. The number of ketones is 1.